The standard InChI is InChI=1S/C31H58INO3/c1-4-6-8-10-11-12-16-20-24-36-30(35)31(3,21-17-13-14-18-22-32)29(34)27-25-28(26-27)33-23-19-15-9-7-5-2/h27-28,33H,4-26H2,1-3H3. The van der Waals surface area contributed by atoms with Gasteiger partial charge in [0.05, 0.1) is 6.61 Å². The van der Waals surface area contributed by atoms with E-state index in [1.165, 1.54) is 87.9 Å². The van der Waals surface area contributed by atoms with Crippen LogP contribution in [0.2, 0.25) is 0 Å². The van der Waals surface area contributed by atoms with Crippen molar-refractivity contribution >= 4 is 34.3 Å². The van der Waals surface area contributed by atoms with E-state index in [1.807, 2.05) is 6.92 Å². The summed E-state index contributed by atoms with van der Waals surface area (Å²) in [5.74, 6) is -0.118. The number of ketones is 1. The summed E-state index contributed by atoms with van der Waals surface area (Å²) in [6.07, 6.45) is 23.0. The van der Waals surface area contributed by atoms with Gasteiger partial charge in [0.1, 0.15) is 5.41 Å². The molecule has 36 heavy (non-hydrogen) atoms. The minimum atomic E-state index is -0.972. The molecule has 0 aromatic heterocycles. The van der Waals surface area contributed by atoms with Crippen LogP contribution in [0.4, 0.5) is 0 Å². The Bertz CT molecular complexity index is 564. The van der Waals surface area contributed by atoms with Crippen LogP contribution < -0.4 is 5.32 Å². The third kappa shape index (κ3) is 14.1. The van der Waals surface area contributed by atoms with Crippen LogP contribution in [0.5, 0.6) is 0 Å². The molecule has 0 bridgehead atoms. The number of carbonyl (C=O) groups excluding carboxylic acids is 2. The third-order valence-electron chi connectivity index (χ3n) is 8.01. The minimum absolute atomic E-state index is 0.0117. The first-order valence-corrected chi connectivity index (χ1v) is 17.0. The van der Waals surface area contributed by atoms with E-state index in [9.17, 15) is 9.59 Å². The van der Waals surface area contributed by atoms with Crippen molar-refractivity contribution in [1.82, 2.24) is 5.32 Å². The summed E-state index contributed by atoms with van der Waals surface area (Å²) in [4.78, 5) is 26.7. The molecule has 1 atom stereocenters. The molecule has 0 heterocycles. The number of hydrogen-bond acceptors (Lipinski definition) is 4. The summed E-state index contributed by atoms with van der Waals surface area (Å²) in [7, 11) is 0. The van der Waals surface area contributed by atoms with Crippen LogP contribution in [0.3, 0.4) is 0 Å². The number of ether oxygens (including phenoxy) is 1. The number of esters is 1. The highest BCUT2D eigenvalue weighted by Crippen LogP contribution is 2.38. The van der Waals surface area contributed by atoms with Gasteiger partial charge in [-0.05, 0) is 56.4 Å². The molecule has 0 aromatic rings. The van der Waals surface area contributed by atoms with Crippen LogP contribution in [0, 0.1) is 11.3 Å². The lowest BCUT2D eigenvalue weighted by Crippen LogP contribution is -2.50. The first-order valence-electron chi connectivity index (χ1n) is 15.5. The molecule has 4 nitrogen and oxygen atoms in total. The Balaban J connectivity index is 2.43. The molecular formula is C31H58INO3. The Morgan fingerprint density at radius 2 is 1.31 bits per heavy atom. The summed E-state index contributed by atoms with van der Waals surface area (Å²) in [5, 5.41) is 3.63. The average molecular weight is 620 g/mol. The number of carbonyl (C=O) groups is 2. The van der Waals surface area contributed by atoms with E-state index in [0.717, 1.165) is 45.1 Å². The van der Waals surface area contributed by atoms with Gasteiger partial charge in [-0.25, -0.2) is 0 Å². The molecule has 0 radical (unpaired) electrons. The highest BCUT2D eigenvalue weighted by molar-refractivity contribution is 14.1. The van der Waals surface area contributed by atoms with E-state index in [2.05, 4.69) is 41.8 Å². The molecule has 0 amide bonds. The molecule has 0 aliphatic heterocycles. The average Bonchev–Trinajstić information content (AvgIpc) is 2.85. The van der Waals surface area contributed by atoms with Crippen LogP contribution in [-0.4, -0.2) is 35.4 Å². The molecule has 1 rings (SSSR count). The van der Waals surface area contributed by atoms with Crippen molar-refractivity contribution < 1.29 is 14.3 Å². The zero-order valence-corrected chi connectivity index (χ0v) is 26.2. The Labute approximate surface area is 237 Å². The summed E-state index contributed by atoms with van der Waals surface area (Å²) in [6, 6.07) is 0.436. The molecular weight excluding hydrogens is 561 g/mol. The Morgan fingerprint density at radius 1 is 0.778 bits per heavy atom. The molecule has 1 aliphatic carbocycles. The van der Waals surface area contributed by atoms with Gasteiger partial charge in [0, 0.05) is 12.0 Å². The molecule has 0 spiro atoms. The summed E-state index contributed by atoms with van der Waals surface area (Å²) in [6.45, 7) is 7.86. The summed E-state index contributed by atoms with van der Waals surface area (Å²) < 4.78 is 6.90. The zero-order valence-electron chi connectivity index (χ0n) is 24.0. The van der Waals surface area contributed by atoms with Crippen LogP contribution in [0.25, 0.3) is 0 Å². The van der Waals surface area contributed by atoms with Crippen molar-refractivity contribution in [3.8, 4) is 0 Å². The lowest BCUT2D eigenvalue weighted by Gasteiger charge is -2.39. The van der Waals surface area contributed by atoms with Crippen molar-refractivity contribution in [2.24, 2.45) is 11.3 Å². The van der Waals surface area contributed by atoms with E-state index in [4.69, 9.17) is 4.74 Å². The van der Waals surface area contributed by atoms with Crippen molar-refractivity contribution in [3.63, 3.8) is 0 Å². The highest BCUT2D eigenvalue weighted by Gasteiger charge is 2.48. The quantitative estimate of drug-likeness (QED) is 0.0364. The van der Waals surface area contributed by atoms with Crippen molar-refractivity contribution in [2.75, 3.05) is 17.6 Å². The minimum Gasteiger partial charge on any atom is -0.465 e. The van der Waals surface area contributed by atoms with Crippen LogP contribution in [0.1, 0.15) is 149 Å². The fraction of sp³-hybridized carbons (Fsp3) is 0.935. The molecule has 212 valence electrons. The van der Waals surface area contributed by atoms with Gasteiger partial charge in [-0.1, -0.05) is 126 Å². The fourth-order valence-electron chi connectivity index (χ4n) is 5.30. The number of unbranched alkanes of at least 4 members (excludes halogenated alkanes) is 14. The predicted octanol–water partition coefficient (Wildman–Crippen LogP) is 8.97. The number of Topliss-reactive ketones (excluding diaryl/α,β-unsaturated/α-hetero) is 1. The molecule has 0 aromatic carbocycles. The molecule has 1 saturated carbocycles. The third-order valence-corrected chi connectivity index (χ3v) is 8.77. The van der Waals surface area contributed by atoms with Gasteiger partial charge in [-0.15, -0.1) is 0 Å². The maximum atomic E-state index is 13.5. The van der Waals surface area contributed by atoms with Gasteiger partial charge < -0.3 is 10.1 Å². The predicted molar refractivity (Wildman–Crippen MR) is 162 cm³/mol. The molecule has 1 aliphatic rings. The number of nitrogens with one attached hydrogen (secondary N) is 1. The first kappa shape index (κ1) is 33.9. The van der Waals surface area contributed by atoms with E-state index in [1.54, 1.807) is 0 Å². The van der Waals surface area contributed by atoms with Gasteiger partial charge in [-0.3, -0.25) is 9.59 Å². The van der Waals surface area contributed by atoms with Crippen molar-refractivity contribution in [1.29, 1.82) is 0 Å². The highest BCUT2D eigenvalue weighted by atomic mass is 127. The van der Waals surface area contributed by atoms with Crippen LogP contribution in [-0.2, 0) is 14.3 Å². The molecule has 5 heteroatoms. The Kier molecular flexibility index (Phi) is 20.4. The number of alkyl halides is 1. The van der Waals surface area contributed by atoms with Gasteiger partial charge in [0.25, 0.3) is 0 Å². The van der Waals surface area contributed by atoms with E-state index in [-0.39, 0.29) is 17.7 Å². The summed E-state index contributed by atoms with van der Waals surface area (Å²) >= 11 is 2.42. The summed E-state index contributed by atoms with van der Waals surface area (Å²) in [5.41, 5.74) is -0.972. The van der Waals surface area contributed by atoms with Gasteiger partial charge in [0.15, 0.2) is 5.78 Å². The second kappa shape index (κ2) is 21.7. The smallest absolute Gasteiger partial charge is 0.319 e. The topological polar surface area (TPSA) is 55.4 Å². The van der Waals surface area contributed by atoms with Crippen molar-refractivity contribution in [3.05, 3.63) is 0 Å². The normalized spacial score (nSPS) is 19.0. The second-order valence-electron chi connectivity index (χ2n) is 11.4. The Morgan fingerprint density at radius 3 is 1.92 bits per heavy atom. The van der Waals surface area contributed by atoms with E-state index >= 15 is 0 Å². The molecule has 1 unspecified atom stereocenters. The molecule has 1 N–H and O–H groups in total. The monoisotopic (exact) mass is 619 g/mol. The van der Waals surface area contributed by atoms with Gasteiger partial charge in [-0.2, -0.15) is 0 Å². The number of rotatable bonds is 25. The fourth-order valence-corrected chi connectivity index (χ4v) is 5.84. The van der Waals surface area contributed by atoms with Gasteiger partial charge >= 0.3 is 5.97 Å². The molecule has 1 fully saturated rings. The Hall–Kier alpha value is -0.170. The number of hydrogen-bond donors (Lipinski definition) is 1. The number of halogens is 1. The zero-order chi connectivity index (χ0) is 26.5. The largest absolute Gasteiger partial charge is 0.465 e. The van der Waals surface area contributed by atoms with Crippen LogP contribution >= 0.6 is 22.6 Å². The lowest BCUT2D eigenvalue weighted by molar-refractivity contribution is -0.162. The molecule has 0 saturated heterocycles. The van der Waals surface area contributed by atoms with Crippen molar-refractivity contribution in [2.45, 2.75) is 155 Å². The van der Waals surface area contributed by atoms with Crippen LogP contribution in [0.15, 0.2) is 0 Å². The van der Waals surface area contributed by atoms with E-state index < -0.39 is 5.41 Å². The maximum Gasteiger partial charge on any atom is 0.319 e. The van der Waals surface area contributed by atoms with E-state index in [0.29, 0.717) is 19.1 Å². The lowest BCUT2D eigenvalue weighted by atomic mass is 9.67. The maximum absolute atomic E-state index is 13.5. The second-order valence-corrected chi connectivity index (χ2v) is 12.5. The first-order chi connectivity index (χ1) is 17.5. The van der Waals surface area contributed by atoms with Gasteiger partial charge in [0.2, 0.25) is 0 Å². The SMILES string of the molecule is CCCCCCCCCCOC(=O)C(C)(CCCCCCI)C(=O)C1CC(NCCCCCCC)C1.